The van der Waals surface area contributed by atoms with Gasteiger partial charge >= 0.3 is 0 Å². The smallest absolute Gasteiger partial charge is 0.223 e. The zero-order valence-electron chi connectivity index (χ0n) is 13.6. The molecule has 0 heterocycles. The molecule has 132 valence electrons. The Morgan fingerprint density at radius 1 is 1.16 bits per heavy atom. The van der Waals surface area contributed by atoms with Gasteiger partial charge in [0, 0.05) is 17.4 Å². The third-order valence-corrected chi connectivity index (χ3v) is 4.57. The highest BCUT2D eigenvalue weighted by atomic mass is 19.1. The van der Waals surface area contributed by atoms with Crippen molar-refractivity contribution in [1.82, 2.24) is 5.32 Å². The van der Waals surface area contributed by atoms with Gasteiger partial charge in [-0.2, -0.15) is 0 Å². The summed E-state index contributed by atoms with van der Waals surface area (Å²) in [6.45, 7) is 1.42. The van der Waals surface area contributed by atoms with Gasteiger partial charge in [-0.3, -0.25) is 4.79 Å². The van der Waals surface area contributed by atoms with Gasteiger partial charge in [0.15, 0.2) is 0 Å². The van der Waals surface area contributed by atoms with Gasteiger partial charge in [-0.15, -0.1) is 0 Å². The molecule has 3 atom stereocenters. The molecule has 6 heteroatoms. The third kappa shape index (κ3) is 3.69. The second-order valence-electron chi connectivity index (χ2n) is 6.58. The predicted octanol–water partition coefficient (Wildman–Crippen LogP) is 3.23. The van der Waals surface area contributed by atoms with Crippen LogP contribution in [0.1, 0.15) is 30.4 Å². The van der Waals surface area contributed by atoms with Crippen molar-refractivity contribution in [1.29, 1.82) is 0 Å². The fourth-order valence-electron chi connectivity index (χ4n) is 2.97. The van der Waals surface area contributed by atoms with Crippen molar-refractivity contribution in [2.45, 2.75) is 24.9 Å². The molecule has 0 bridgehead atoms. The van der Waals surface area contributed by atoms with Crippen molar-refractivity contribution in [2.75, 3.05) is 6.54 Å². The molecular formula is C19H18F3NO2. The Bertz CT molecular complexity index is 770. The number of aliphatic hydroxyl groups is 1. The fourth-order valence-corrected chi connectivity index (χ4v) is 2.97. The van der Waals surface area contributed by atoms with E-state index in [1.807, 2.05) is 0 Å². The van der Waals surface area contributed by atoms with Crippen LogP contribution in [0, 0.1) is 23.4 Å². The molecule has 1 aliphatic carbocycles. The standard InChI is InChI=1S/C19H18F3NO2/c1-19(25,11-5-7-12(20)8-6-11)10-23-18(24)14-9-13(14)17-15(21)3-2-4-16(17)22/h2-8,13-14,25H,9-10H2,1H3,(H,23,24). The Balaban J connectivity index is 1.61. The molecule has 3 rings (SSSR count). The molecule has 3 nitrogen and oxygen atoms in total. The molecule has 0 aliphatic heterocycles. The molecule has 0 radical (unpaired) electrons. The highest BCUT2D eigenvalue weighted by Crippen LogP contribution is 2.49. The maximum Gasteiger partial charge on any atom is 0.223 e. The normalized spacial score (nSPS) is 21.5. The molecule has 1 fully saturated rings. The van der Waals surface area contributed by atoms with Gasteiger partial charge in [-0.1, -0.05) is 18.2 Å². The van der Waals surface area contributed by atoms with Crippen molar-refractivity contribution < 1.29 is 23.1 Å². The van der Waals surface area contributed by atoms with E-state index in [0.717, 1.165) is 0 Å². The van der Waals surface area contributed by atoms with Crippen LogP contribution in [0.2, 0.25) is 0 Å². The van der Waals surface area contributed by atoms with Crippen molar-refractivity contribution in [2.24, 2.45) is 5.92 Å². The summed E-state index contributed by atoms with van der Waals surface area (Å²) in [5.41, 5.74) is -0.980. The average Bonchev–Trinajstić information content (AvgIpc) is 3.33. The molecule has 25 heavy (non-hydrogen) atoms. The first-order chi connectivity index (χ1) is 11.8. The van der Waals surface area contributed by atoms with Gasteiger partial charge in [0.05, 0.1) is 6.54 Å². The second kappa shape index (κ2) is 6.52. The van der Waals surface area contributed by atoms with E-state index in [0.29, 0.717) is 12.0 Å². The Morgan fingerprint density at radius 3 is 2.36 bits per heavy atom. The number of hydrogen-bond acceptors (Lipinski definition) is 2. The molecular weight excluding hydrogens is 331 g/mol. The van der Waals surface area contributed by atoms with Crippen LogP contribution in [0.25, 0.3) is 0 Å². The van der Waals surface area contributed by atoms with Crippen LogP contribution in [0.3, 0.4) is 0 Å². The van der Waals surface area contributed by atoms with E-state index >= 15 is 0 Å². The molecule has 0 saturated heterocycles. The third-order valence-electron chi connectivity index (χ3n) is 4.57. The number of hydrogen-bond donors (Lipinski definition) is 2. The lowest BCUT2D eigenvalue weighted by Gasteiger charge is -2.24. The number of carbonyl (C=O) groups excluding carboxylic acids is 1. The molecule has 2 aromatic carbocycles. The van der Waals surface area contributed by atoms with Gasteiger partial charge in [0.1, 0.15) is 23.1 Å². The Hall–Kier alpha value is -2.34. The number of nitrogens with one attached hydrogen (secondary N) is 1. The highest BCUT2D eigenvalue weighted by molar-refractivity contribution is 5.83. The van der Waals surface area contributed by atoms with E-state index in [1.54, 1.807) is 0 Å². The molecule has 1 amide bonds. The van der Waals surface area contributed by atoms with Gasteiger partial charge in [-0.05, 0) is 43.2 Å². The Kier molecular flexibility index (Phi) is 4.56. The minimum absolute atomic E-state index is 0.0621. The van der Waals surface area contributed by atoms with E-state index in [1.165, 1.54) is 49.4 Å². The van der Waals surface area contributed by atoms with Crippen molar-refractivity contribution in [3.8, 4) is 0 Å². The molecule has 1 aliphatic rings. The largest absolute Gasteiger partial charge is 0.384 e. The maximum atomic E-state index is 13.8. The fraction of sp³-hybridized carbons (Fsp3) is 0.316. The van der Waals surface area contributed by atoms with Gasteiger partial charge in [0.2, 0.25) is 5.91 Å². The van der Waals surface area contributed by atoms with Crippen molar-refractivity contribution >= 4 is 5.91 Å². The lowest BCUT2D eigenvalue weighted by atomic mass is 9.96. The Labute approximate surface area is 143 Å². The zero-order chi connectivity index (χ0) is 18.2. The van der Waals surface area contributed by atoms with Crippen LogP contribution in [0.15, 0.2) is 42.5 Å². The number of benzene rings is 2. The van der Waals surface area contributed by atoms with E-state index in [-0.39, 0.29) is 18.0 Å². The first-order valence-electron chi connectivity index (χ1n) is 7.99. The molecule has 2 aromatic rings. The first-order valence-corrected chi connectivity index (χ1v) is 7.99. The zero-order valence-corrected chi connectivity index (χ0v) is 13.6. The lowest BCUT2D eigenvalue weighted by Crippen LogP contribution is -2.39. The van der Waals surface area contributed by atoms with E-state index in [4.69, 9.17) is 0 Å². The average molecular weight is 349 g/mol. The topological polar surface area (TPSA) is 49.3 Å². The summed E-state index contributed by atoms with van der Waals surface area (Å²) in [5, 5.41) is 13.1. The van der Waals surface area contributed by atoms with Crippen LogP contribution in [-0.4, -0.2) is 17.6 Å². The summed E-state index contributed by atoms with van der Waals surface area (Å²) >= 11 is 0. The quantitative estimate of drug-likeness (QED) is 0.871. The minimum Gasteiger partial charge on any atom is -0.384 e. The molecule has 2 N–H and O–H groups in total. The number of amides is 1. The summed E-state index contributed by atoms with van der Waals surface area (Å²) < 4.78 is 40.5. The molecule has 1 saturated carbocycles. The van der Waals surface area contributed by atoms with E-state index in [2.05, 4.69) is 5.32 Å². The minimum atomic E-state index is -1.38. The summed E-state index contributed by atoms with van der Waals surface area (Å²) in [7, 11) is 0. The van der Waals surface area contributed by atoms with Crippen LogP contribution in [-0.2, 0) is 10.4 Å². The number of carbonyl (C=O) groups is 1. The van der Waals surface area contributed by atoms with Crippen LogP contribution in [0.4, 0.5) is 13.2 Å². The molecule has 0 aromatic heterocycles. The van der Waals surface area contributed by atoms with E-state index < -0.39 is 34.9 Å². The van der Waals surface area contributed by atoms with Gasteiger partial charge in [0.25, 0.3) is 0 Å². The summed E-state index contributed by atoms with van der Waals surface area (Å²) in [4.78, 5) is 12.2. The van der Waals surface area contributed by atoms with E-state index in [9.17, 15) is 23.1 Å². The summed E-state index contributed by atoms with van der Waals surface area (Å²) in [5.74, 6) is -3.10. The molecule has 3 unspecified atom stereocenters. The number of halogens is 3. The predicted molar refractivity (Wildman–Crippen MR) is 86.2 cm³/mol. The lowest BCUT2D eigenvalue weighted by molar-refractivity contribution is -0.123. The maximum absolute atomic E-state index is 13.8. The number of rotatable bonds is 5. The Morgan fingerprint density at radius 2 is 1.76 bits per heavy atom. The van der Waals surface area contributed by atoms with Crippen LogP contribution < -0.4 is 5.32 Å². The van der Waals surface area contributed by atoms with Crippen LogP contribution >= 0.6 is 0 Å². The van der Waals surface area contributed by atoms with Crippen molar-refractivity contribution in [3.63, 3.8) is 0 Å². The first kappa shape index (κ1) is 17.5. The molecule has 0 spiro atoms. The van der Waals surface area contributed by atoms with Crippen LogP contribution in [0.5, 0.6) is 0 Å². The highest BCUT2D eigenvalue weighted by Gasteiger charge is 2.46. The SMILES string of the molecule is CC(O)(CNC(=O)C1CC1c1c(F)cccc1F)c1ccc(F)cc1. The summed E-state index contributed by atoms with van der Waals surface area (Å²) in [6, 6.07) is 8.96. The van der Waals surface area contributed by atoms with Gasteiger partial charge < -0.3 is 10.4 Å². The monoisotopic (exact) mass is 349 g/mol. The second-order valence-corrected chi connectivity index (χ2v) is 6.58. The van der Waals surface area contributed by atoms with Gasteiger partial charge in [-0.25, -0.2) is 13.2 Å². The summed E-state index contributed by atoms with van der Waals surface area (Å²) in [6.07, 6.45) is 0.363. The van der Waals surface area contributed by atoms with Crippen molar-refractivity contribution in [3.05, 3.63) is 71.0 Å².